The number of benzene rings is 14. The monoisotopic (exact) mass is 1240 g/mol. The van der Waals surface area contributed by atoms with Gasteiger partial charge in [0.15, 0.2) is 13.9 Å². The molecule has 0 atom stereocenters. The van der Waals surface area contributed by atoms with E-state index < -0.39 is 8.07 Å². The summed E-state index contributed by atoms with van der Waals surface area (Å²) >= 11 is 0. The van der Waals surface area contributed by atoms with Gasteiger partial charge < -0.3 is 13.7 Å². The quantitative estimate of drug-likeness (QED) is 0.101. The van der Waals surface area contributed by atoms with Crippen LogP contribution in [-0.4, -0.2) is 45.9 Å². The first-order chi connectivity index (χ1) is 47.6. The van der Waals surface area contributed by atoms with E-state index in [1.54, 1.807) is 0 Å². The van der Waals surface area contributed by atoms with Gasteiger partial charge >= 0.3 is 0 Å². The Morgan fingerprint density at radius 3 is 0.740 bits per heavy atom. The zero-order chi connectivity index (χ0) is 63.0. The number of rotatable bonds is 10. The average molecular weight is 1240 g/mol. The van der Waals surface area contributed by atoms with Crippen LogP contribution in [0.15, 0.2) is 340 Å². The van der Waals surface area contributed by atoms with Crippen LogP contribution in [0.25, 0.3) is 149 Å². The predicted octanol–water partition coefficient (Wildman–Crippen LogP) is 18.4. The average Bonchev–Trinajstić information content (AvgIpc) is 1.41. The summed E-state index contributed by atoms with van der Waals surface area (Å²) in [6, 6.07) is 124. The molecule has 0 saturated carbocycles. The third kappa shape index (κ3) is 7.92. The highest BCUT2D eigenvalue weighted by Crippen LogP contribution is 2.42. The predicted molar refractivity (Wildman–Crippen MR) is 401 cm³/mol. The minimum Gasteiger partial charge on any atom is -0.309 e. The maximum Gasteiger partial charge on any atom is 0.240 e. The molecule has 0 bridgehead atoms. The lowest BCUT2D eigenvalue weighted by atomic mass is 10.1. The topological polar surface area (TPSA) is 63.3 Å². The molecule has 0 spiro atoms. The van der Waals surface area contributed by atoms with Gasteiger partial charge in [-0.2, -0.15) is 15.0 Å². The lowest BCUT2D eigenvalue weighted by Gasteiger charge is -2.34. The molecule has 0 aliphatic heterocycles. The Bertz CT molecular complexity index is 6090. The Labute approximate surface area is 552 Å². The van der Waals surface area contributed by atoms with Crippen LogP contribution in [0.1, 0.15) is 0 Å². The molecule has 448 valence electrons. The van der Waals surface area contributed by atoms with Gasteiger partial charge in [0.25, 0.3) is 0 Å². The standard InChI is InChI=1S/C87H56N8Si/c1-4-24-61(25-5-1)96(62-26-6-2-7-27-62,63-28-8-3-9-29-63)64-49-44-57(45-50-64)85-88-86(94-81-43-23-16-36-71(81)72-54-58(46-51-82(72)94)91-75-37-17-10-30-65(75)66-31-11-18-38-76(66)91)90-87(89-85)95-83-52-47-59(92-77-39-19-12-32-67(77)68-33-13-20-40-78(68)92)55-73(83)74-56-60(48-53-84(74)95)93-79-41-21-14-34-69(79)70-35-15-22-42-80(70)93/h1-56H. The summed E-state index contributed by atoms with van der Waals surface area (Å²) in [6.45, 7) is 0. The molecule has 0 fully saturated rings. The maximum absolute atomic E-state index is 5.78. The molecule has 20 rings (SSSR count). The summed E-state index contributed by atoms with van der Waals surface area (Å²) in [5.74, 6) is 1.57. The van der Waals surface area contributed by atoms with E-state index in [-0.39, 0.29) is 0 Å². The Morgan fingerprint density at radius 1 is 0.188 bits per heavy atom. The van der Waals surface area contributed by atoms with Crippen LogP contribution in [0.5, 0.6) is 0 Å². The molecule has 9 heteroatoms. The van der Waals surface area contributed by atoms with Crippen LogP contribution in [0, 0.1) is 0 Å². The molecule has 0 radical (unpaired) electrons. The van der Waals surface area contributed by atoms with Gasteiger partial charge in [0.2, 0.25) is 11.9 Å². The number of hydrogen-bond donors (Lipinski definition) is 0. The molecule has 6 heterocycles. The maximum atomic E-state index is 5.78. The van der Waals surface area contributed by atoms with Crippen molar-refractivity contribution < 1.29 is 0 Å². The summed E-state index contributed by atoms with van der Waals surface area (Å²) in [6.07, 6.45) is 0. The second-order valence-corrected chi connectivity index (χ2v) is 28.9. The number of fused-ring (bicyclic) bond motifs is 15. The number of aromatic nitrogens is 8. The fourth-order valence-corrected chi connectivity index (χ4v) is 20.8. The van der Waals surface area contributed by atoms with Crippen LogP contribution in [0.2, 0.25) is 0 Å². The Balaban J connectivity index is 0.854. The van der Waals surface area contributed by atoms with E-state index in [1.807, 2.05) is 0 Å². The van der Waals surface area contributed by atoms with Crippen molar-refractivity contribution in [3.63, 3.8) is 0 Å². The van der Waals surface area contributed by atoms with Crippen molar-refractivity contribution in [2.75, 3.05) is 0 Å². The first-order valence-electron chi connectivity index (χ1n) is 32.8. The normalized spacial score (nSPS) is 12.2. The lowest BCUT2D eigenvalue weighted by molar-refractivity contribution is 0.892. The molecule has 14 aromatic carbocycles. The van der Waals surface area contributed by atoms with Gasteiger partial charge in [-0.3, -0.25) is 9.13 Å². The summed E-state index contributed by atoms with van der Waals surface area (Å²) in [5, 5.41) is 16.8. The molecule has 0 aliphatic carbocycles. The summed E-state index contributed by atoms with van der Waals surface area (Å²) in [7, 11) is -2.89. The van der Waals surface area contributed by atoms with E-state index in [0.717, 1.165) is 99.3 Å². The molecule has 6 aromatic heterocycles. The van der Waals surface area contributed by atoms with Gasteiger partial charge in [-0.05, 0) is 118 Å². The molecule has 0 N–H and O–H groups in total. The molecule has 96 heavy (non-hydrogen) atoms. The Kier molecular flexibility index (Phi) is 11.9. The molecular weight excluding hydrogens is 1190 g/mol. The third-order valence-corrected chi connectivity index (χ3v) is 24.9. The number of para-hydroxylation sites is 7. The van der Waals surface area contributed by atoms with Gasteiger partial charge in [0.1, 0.15) is 0 Å². The van der Waals surface area contributed by atoms with Gasteiger partial charge in [0.05, 0.1) is 55.2 Å². The van der Waals surface area contributed by atoms with E-state index in [2.05, 4.69) is 363 Å². The zero-order valence-electron chi connectivity index (χ0n) is 51.9. The van der Waals surface area contributed by atoms with Crippen LogP contribution in [0.4, 0.5) is 0 Å². The van der Waals surface area contributed by atoms with Gasteiger partial charge in [-0.25, -0.2) is 0 Å². The second kappa shape index (κ2) is 21.2. The van der Waals surface area contributed by atoms with Crippen LogP contribution in [-0.2, 0) is 0 Å². The minimum absolute atomic E-state index is 0.503. The summed E-state index contributed by atoms with van der Waals surface area (Å²) in [5.41, 5.74) is 14.9. The number of nitrogens with zero attached hydrogens (tertiary/aromatic N) is 8. The highest BCUT2D eigenvalue weighted by atomic mass is 28.3. The summed E-state index contributed by atoms with van der Waals surface area (Å²) < 4.78 is 11.7. The second-order valence-electron chi connectivity index (χ2n) is 25.1. The first-order valence-corrected chi connectivity index (χ1v) is 34.8. The molecule has 0 saturated heterocycles. The van der Waals surface area contributed by atoms with Crippen molar-refractivity contribution in [3.8, 4) is 40.3 Å². The Morgan fingerprint density at radius 2 is 0.427 bits per heavy atom. The zero-order valence-corrected chi connectivity index (χ0v) is 52.9. The number of hydrogen-bond acceptors (Lipinski definition) is 3. The fourth-order valence-electron chi connectivity index (χ4n) is 16.0. The largest absolute Gasteiger partial charge is 0.309 e. The van der Waals surface area contributed by atoms with Crippen molar-refractivity contribution in [1.29, 1.82) is 0 Å². The van der Waals surface area contributed by atoms with E-state index in [1.165, 1.54) is 53.1 Å². The van der Waals surface area contributed by atoms with Crippen molar-refractivity contribution in [3.05, 3.63) is 340 Å². The smallest absolute Gasteiger partial charge is 0.240 e. The highest BCUT2D eigenvalue weighted by Gasteiger charge is 2.41. The summed E-state index contributed by atoms with van der Waals surface area (Å²) in [4.78, 5) is 17.2. The van der Waals surface area contributed by atoms with Crippen LogP contribution in [0.3, 0.4) is 0 Å². The Hall–Kier alpha value is -12.7. The minimum atomic E-state index is -2.89. The highest BCUT2D eigenvalue weighted by molar-refractivity contribution is 7.19. The van der Waals surface area contributed by atoms with Crippen LogP contribution < -0.4 is 20.7 Å². The van der Waals surface area contributed by atoms with Gasteiger partial charge in [0, 0.05) is 76.5 Å². The van der Waals surface area contributed by atoms with E-state index >= 15 is 0 Å². The van der Waals surface area contributed by atoms with Crippen molar-refractivity contribution in [2.24, 2.45) is 0 Å². The SMILES string of the molecule is c1ccc([Si](c2ccccc2)(c2ccccc2)c2ccc(-c3nc(-n4c5ccccc5c5cc(-n6c7ccccc7c7ccccc76)ccc54)nc(-n4c5ccc(-n6c7ccccc7c7ccccc76)cc5c5cc(-n6c7ccccc7c7ccccc76)ccc54)n3)cc2)cc1. The molecule has 0 amide bonds. The molecule has 8 nitrogen and oxygen atoms in total. The van der Waals surface area contributed by atoms with Crippen molar-refractivity contribution in [2.45, 2.75) is 0 Å². The fraction of sp³-hybridized carbons (Fsp3) is 0. The van der Waals surface area contributed by atoms with E-state index in [0.29, 0.717) is 17.7 Å². The molecular formula is C87H56N8Si. The molecule has 0 unspecified atom stereocenters. The van der Waals surface area contributed by atoms with E-state index in [4.69, 9.17) is 15.0 Å². The van der Waals surface area contributed by atoms with Gasteiger partial charge in [-0.1, -0.05) is 243 Å². The van der Waals surface area contributed by atoms with Crippen molar-refractivity contribution >= 4 is 138 Å². The molecule has 20 aromatic rings. The first kappa shape index (κ1) is 53.9. The van der Waals surface area contributed by atoms with Crippen molar-refractivity contribution in [1.82, 2.24) is 37.8 Å². The lowest BCUT2D eigenvalue weighted by Crippen LogP contribution is -2.74. The van der Waals surface area contributed by atoms with Crippen LogP contribution >= 0.6 is 0 Å². The van der Waals surface area contributed by atoms with Gasteiger partial charge in [-0.15, -0.1) is 0 Å². The third-order valence-electron chi connectivity index (χ3n) is 20.1. The van der Waals surface area contributed by atoms with E-state index in [9.17, 15) is 0 Å². The molecule has 0 aliphatic rings.